The van der Waals surface area contributed by atoms with E-state index in [2.05, 4.69) is 20.2 Å². The third kappa shape index (κ3) is 2.34. The van der Waals surface area contributed by atoms with Crippen LogP contribution in [0.3, 0.4) is 0 Å². The Bertz CT molecular complexity index is 873. The number of hydrogen-bond donors (Lipinski definition) is 0. The number of fused-ring (bicyclic) bond motifs is 3. The van der Waals surface area contributed by atoms with Gasteiger partial charge in [-0.05, 0) is 12.1 Å². The van der Waals surface area contributed by atoms with Crippen LogP contribution in [0.15, 0.2) is 18.3 Å². The van der Waals surface area contributed by atoms with E-state index >= 15 is 0 Å². The minimum Gasteiger partial charge on any atom is -0.469 e. The SMILES string of the molecule is FC(F)(F)c1nnc2c(OC3CCOC3)nc3cccnc3n12. The summed E-state index contributed by atoms with van der Waals surface area (Å²) in [4.78, 5) is 8.20. The van der Waals surface area contributed by atoms with E-state index in [0.29, 0.717) is 19.6 Å². The Labute approximate surface area is 127 Å². The van der Waals surface area contributed by atoms with E-state index in [9.17, 15) is 13.2 Å². The molecule has 1 fully saturated rings. The lowest BCUT2D eigenvalue weighted by molar-refractivity contribution is -0.145. The first kappa shape index (κ1) is 14.1. The summed E-state index contributed by atoms with van der Waals surface area (Å²) >= 11 is 0. The lowest BCUT2D eigenvalue weighted by Gasteiger charge is -2.13. The van der Waals surface area contributed by atoms with E-state index in [1.807, 2.05) is 0 Å². The van der Waals surface area contributed by atoms with Crippen LogP contribution in [0, 0.1) is 0 Å². The smallest absolute Gasteiger partial charge is 0.452 e. The van der Waals surface area contributed by atoms with Crippen LogP contribution in [-0.4, -0.2) is 43.9 Å². The molecule has 1 aliphatic heterocycles. The van der Waals surface area contributed by atoms with Gasteiger partial charge in [0.25, 0.3) is 5.88 Å². The van der Waals surface area contributed by atoms with Crippen LogP contribution < -0.4 is 4.74 Å². The Hall–Kier alpha value is -2.49. The zero-order chi connectivity index (χ0) is 16.0. The lowest BCUT2D eigenvalue weighted by atomic mass is 10.3. The Morgan fingerprint density at radius 2 is 2.13 bits per heavy atom. The number of aromatic nitrogens is 5. The minimum absolute atomic E-state index is 0.0102. The van der Waals surface area contributed by atoms with Crippen molar-refractivity contribution in [1.29, 1.82) is 0 Å². The molecular formula is C13H10F3N5O2. The summed E-state index contributed by atoms with van der Waals surface area (Å²) in [5.41, 5.74) is 0.171. The van der Waals surface area contributed by atoms with Gasteiger partial charge in [-0.2, -0.15) is 13.2 Å². The second-order valence-electron chi connectivity index (χ2n) is 5.05. The van der Waals surface area contributed by atoms with Gasteiger partial charge in [-0.25, -0.2) is 14.4 Å². The number of halogens is 3. The summed E-state index contributed by atoms with van der Waals surface area (Å²) < 4.78 is 51.2. The number of pyridine rings is 1. The van der Waals surface area contributed by atoms with Crippen molar-refractivity contribution in [3.63, 3.8) is 0 Å². The topological polar surface area (TPSA) is 74.4 Å². The van der Waals surface area contributed by atoms with Crippen LogP contribution in [0.5, 0.6) is 5.88 Å². The second kappa shape index (κ2) is 5.01. The Kier molecular flexibility index (Phi) is 3.08. The average molecular weight is 325 g/mol. The number of ether oxygens (including phenoxy) is 2. The first-order valence-corrected chi connectivity index (χ1v) is 6.85. The van der Waals surface area contributed by atoms with E-state index in [-0.39, 0.29) is 28.8 Å². The third-order valence-corrected chi connectivity index (χ3v) is 3.47. The summed E-state index contributed by atoms with van der Waals surface area (Å²) in [5.74, 6) is -1.17. The predicted molar refractivity (Wildman–Crippen MR) is 70.9 cm³/mol. The maximum Gasteiger partial charge on any atom is 0.452 e. The summed E-state index contributed by atoms with van der Waals surface area (Å²) in [5, 5.41) is 6.85. The molecule has 1 aliphatic rings. The first-order chi connectivity index (χ1) is 11.0. The molecule has 120 valence electrons. The standard InChI is InChI=1S/C13H10F3N5O2/c14-13(15,16)12-20-19-10-11(23-7-3-5-22-6-7)18-8-2-1-4-17-9(8)21(10)12/h1-2,4,7H,3,5-6H2. The highest BCUT2D eigenvalue weighted by atomic mass is 19.4. The fraction of sp³-hybridized carbons (Fsp3) is 0.385. The molecule has 0 spiro atoms. The van der Waals surface area contributed by atoms with Crippen molar-refractivity contribution in [1.82, 2.24) is 24.6 Å². The number of nitrogens with zero attached hydrogens (tertiary/aromatic N) is 5. The third-order valence-electron chi connectivity index (χ3n) is 3.47. The van der Waals surface area contributed by atoms with Gasteiger partial charge in [0, 0.05) is 12.6 Å². The second-order valence-corrected chi connectivity index (χ2v) is 5.05. The van der Waals surface area contributed by atoms with Gasteiger partial charge in [-0.1, -0.05) is 0 Å². The molecular weight excluding hydrogens is 315 g/mol. The van der Waals surface area contributed by atoms with Crippen molar-refractivity contribution >= 4 is 16.8 Å². The average Bonchev–Trinajstić information content (AvgIpc) is 3.15. The van der Waals surface area contributed by atoms with Crippen LogP contribution in [0.1, 0.15) is 12.2 Å². The highest BCUT2D eigenvalue weighted by molar-refractivity contribution is 5.76. The van der Waals surface area contributed by atoms with Gasteiger partial charge < -0.3 is 9.47 Å². The Morgan fingerprint density at radius 1 is 1.26 bits per heavy atom. The van der Waals surface area contributed by atoms with Gasteiger partial charge in [0.2, 0.25) is 11.5 Å². The molecule has 0 saturated carbocycles. The van der Waals surface area contributed by atoms with Gasteiger partial charge in [0.05, 0.1) is 13.2 Å². The van der Waals surface area contributed by atoms with Crippen molar-refractivity contribution in [2.75, 3.05) is 13.2 Å². The van der Waals surface area contributed by atoms with Crippen molar-refractivity contribution < 1.29 is 22.6 Å². The zero-order valence-corrected chi connectivity index (χ0v) is 11.6. The lowest BCUT2D eigenvalue weighted by Crippen LogP contribution is -2.18. The van der Waals surface area contributed by atoms with Crippen molar-refractivity contribution in [3.05, 3.63) is 24.2 Å². The summed E-state index contributed by atoms with van der Waals surface area (Å²) in [6.45, 7) is 0.899. The van der Waals surface area contributed by atoms with E-state index in [1.54, 1.807) is 12.1 Å². The van der Waals surface area contributed by atoms with Gasteiger partial charge in [0.1, 0.15) is 11.6 Å². The molecule has 0 aliphatic carbocycles. The van der Waals surface area contributed by atoms with Crippen molar-refractivity contribution in [2.45, 2.75) is 18.7 Å². The van der Waals surface area contributed by atoms with Crippen molar-refractivity contribution in [2.24, 2.45) is 0 Å². The molecule has 23 heavy (non-hydrogen) atoms. The van der Waals surface area contributed by atoms with Crippen LogP contribution in [0.4, 0.5) is 13.2 Å². The minimum atomic E-state index is -4.67. The summed E-state index contributed by atoms with van der Waals surface area (Å²) in [6.07, 6.45) is -2.92. The van der Waals surface area contributed by atoms with Gasteiger partial charge in [-0.3, -0.25) is 0 Å². The molecule has 1 atom stereocenters. The molecule has 0 N–H and O–H groups in total. The maximum atomic E-state index is 13.2. The molecule has 1 unspecified atom stereocenters. The van der Waals surface area contributed by atoms with Crippen LogP contribution in [-0.2, 0) is 10.9 Å². The molecule has 1 saturated heterocycles. The summed E-state index contributed by atoms with van der Waals surface area (Å²) in [7, 11) is 0. The van der Waals surface area contributed by atoms with E-state index < -0.39 is 12.0 Å². The predicted octanol–water partition coefficient (Wildman–Crippen LogP) is 1.86. The van der Waals surface area contributed by atoms with E-state index in [1.165, 1.54) is 6.20 Å². The largest absolute Gasteiger partial charge is 0.469 e. The molecule has 3 aromatic heterocycles. The molecule has 0 aromatic carbocycles. The molecule has 7 nitrogen and oxygen atoms in total. The van der Waals surface area contributed by atoms with Gasteiger partial charge in [-0.15, -0.1) is 10.2 Å². The fourth-order valence-corrected chi connectivity index (χ4v) is 2.46. The number of alkyl halides is 3. The molecule has 0 radical (unpaired) electrons. The van der Waals surface area contributed by atoms with Gasteiger partial charge >= 0.3 is 6.18 Å². The van der Waals surface area contributed by atoms with E-state index in [4.69, 9.17) is 9.47 Å². The zero-order valence-electron chi connectivity index (χ0n) is 11.6. The van der Waals surface area contributed by atoms with Gasteiger partial charge in [0.15, 0.2) is 5.65 Å². The highest BCUT2D eigenvalue weighted by Gasteiger charge is 2.38. The van der Waals surface area contributed by atoms with Crippen LogP contribution >= 0.6 is 0 Å². The highest BCUT2D eigenvalue weighted by Crippen LogP contribution is 2.32. The van der Waals surface area contributed by atoms with E-state index in [0.717, 1.165) is 4.40 Å². The molecule has 0 amide bonds. The molecule has 4 rings (SSSR count). The van der Waals surface area contributed by atoms with Crippen molar-refractivity contribution in [3.8, 4) is 5.88 Å². The number of rotatable bonds is 2. The molecule has 10 heteroatoms. The molecule has 4 heterocycles. The quantitative estimate of drug-likeness (QED) is 0.716. The monoisotopic (exact) mass is 325 g/mol. The Balaban J connectivity index is 1.97. The molecule has 3 aromatic rings. The fourth-order valence-electron chi connectivity index (χ4n) is 2.46. The Morgan fingerprint density at radius 3 is 2.87 bits per heavy atom. The maximum absolute atomic E-state index is 13.2. The normalized spacial score (nSPS) is 18.8. The summed E-state index contributed by atoms with van der Waals surface area (Å²) in [6, 6.07) is 3.14. The number of hydrogen-bond acceptors (Lipinski definition) is 6. The van der Waals surface area contributed by atoms with Crippen LogP contribution in [0.2, 0.25) is 0 Å². The molecule has 0 bridgehead atoms. The first-order valence-electron chi connectivity index (χ1n) is 6.85. The van der Waals surface area contributed by atoms with Crippen LogP contribution in [0.25, 0.3) is 16.8 Å².